The number of nitrogens with one attached hydrogen (secondary N) is 1. The number of halogens is 1. The Morgan fingerprint density at radius 1 is 1.07 bits per heavy atom. The van der Waals surface area contributed by atoms with Crippen molar-refractivity contribution in [1.82, 2.24) is 9.88 Å². The van der Waals surface area contributed by atoms with E-state index in [1.807, 2.05) is 36.2 Å². The maximum Gasteiger partial charge on any atom is 0.321 e. The molecule has 6 heteroatoms. The quantitative estimate of drug-likeness (QED) is 0.709. The maximum absolute atomic E-state index is 12.6. The smallest absolute Gasteiger partial charge is 0.321 e. The third-order valence-corrected chi connectivity index (χ3v) is 5.20. The summed E-state index contributed by atoms with van der Waals surface area (Å²) in [5.74, 6) is 0. The van der Waals surface area contributed by atoms with E-state index in [2.05, 4.69) is 39.5 Å². The van der Waals surface area contributed by atoms with Crippen LogP contribution in [0.3, 0.4) is 0 Å². The summed E-state index contributed by atoms with van der Waals surface area (Å²) in [7, 11) is 0. The number of piperazine rings is 1. The molecule has 4 rings (SSSR count). The van der Waals surface area contributed by atoms with Gasteiger partial charge in [0.05, 0.1) is 11.2 Å². The van der Waals surface area contributed by atoms with Crippen molar-refractivity contribution in [2.75, 3.05) is 36.4 Å². The summed E-state index contributed by atoms with van der Waals surface area (Å²) in [4.78, 5) is 21.3. The largest absolute Gasteiger partial charge is 0.366 e. The van der Waals surface area contributed by atoms with E-state index >= 15 is 0 Å². The Morgan fingerprint density at radius 3 is 2.67 bits per heavy atom. The van der Waals surface area contributed by atoms with Crippen LogP contribution < -0.4 is 10.2 Å². The molecule has 1 aliphatic heterocycles. The number of urea groups is 1. The predicted octanol–water partition coefficient (Wildman–Crippen LogP) is 4.55. The van der Waals surface area contributed by atoms with Crippen LogP contribution in [0, 0.1) is 6.92 Å². The molecule has 138 valence electrons. The molecule has 5 nitrogen and oxygen atoms in total. The maximum atomic E-state index is 12.6. The summed E-state index contributed by atoms with van der Waals surface area (Å²) in [5.41, 5.74) is 3.88. The van der Waals surface area contributed by atoms with Gasteiger partial charge in [-0.1, -0.05) is 35.9 Å². The van der Waals surface area contributed by atoms with E-state index in [9.17, 15) is 4.79 Å². The molecule has 2 aromatic carbocycles. The van der Waals surface area contributed by atoms with Crippen molar-refractivity contribution in [3.63, 3.8) is 0 Å². The number of aromatic nitrogens is 1. The summed E-state index contributed by atoms with van der Waals surface area (Å²) in [6.45, 7) is 4.83. The van der Waals surface area contributed by atoms with E-state index in [0.717, 1.165) is 40.9 Å². The molecule has 0 aliphatic carbocycles. The Kier molecular flexibility index (Phi) is 4.86. The van der Waals surface area contributed by atoms with E-state index < -0.39 is 0 Å². The molecular weight excluding hydrogens is 360 g/mol. The lowest BCUT2D eigenvalue weighted by Gasteiger charge is -2.36. The molecule has 1 saturated heterocycles. The topological polar surface area (TPSA) is 48.5 Å². The Balaban J connectivity index is 1.44. The van der Waals surface area contributed by atoms with Gasteiger partial charge in [0.15, 0.2) is 0 Å². The average molecular weight is 381 g/mol. The van der Waals surface area contributed by atoms with Crippen molar-refractivity contribution < 1.29 is 4.79 Å². The number of carbonyl (C=O) groups is 1. The lowest BCUT2D eigenvalue weighted by atomic mass is 10.1. The molecule has 1 aliphatic rings. The van der Waals surface area contributed by atoms with E-state index in [-0.39, 0.29) is 6.03 Å². The highest BCUT2D eigenvalue weighted by atomic mass is 35.5. The first-order chi connectivity index (χ1) is 13.1. The van der Waals surface area contributed by atoms with Crippen LogP contribution in [-0.4, -0.2) is 42.1 Å². The third-order valence-electron chi connectivity index (χ3n) is 4.96. The van der Waals surface area contributed by atoms with Crippen LogP contribution in [0.5, 0.6) is 0 Å². The van der Waals surface area contributed by atoms with Crippen LogP contribution in [0.4, 0.5) is 16.2 Å². The van der Waals surface area contributed by atoms with Crippen LogP contribution in [0.15, 0.2) is 54.7 Å². The number of fused-ring (bicyclic) bond motifs is 1. The Bertz CT molecular complexity index is 978. The number of para-hydroxylation sites is 1. The molecule has 0 unspecified atom stereocenters. The van der Waals surface area contributed by atoms with Gasteiger partial charge >= 0.3 is 6.03 Å². The van der Waals surface area contributed by atoms with E-state index in [4.69, 9.17) is 11.6 Å². The first-order valence-electron chi connectivity index (χ1n) is 9.02. The highest BCUT2D eigenvalue weighted by molar-refractivity contribution is 6.31. The fraction of sp³-hybridized carbons (Fsp3) is 0.238. The standard InChI is InChI=1S/C21H21ClN4O/c1-15-7-8-17(22)14-18(15)24-21(27)26-12-10-25(11-13-26)19-6-2-4-16-5-3-9-23-20(16)19/h2-9,14H,10-13H2,1H3,(H,24,27). The highest BCUT2D eigenvalue weighted by Crippen LogP contribution is 2.26. The molecule has 0 saturated carbocycles. The zero-order valence-electron chi connectivity index (χ0n) is 15.2. The van der Waals surface area contributed by atoms with E-state index in [0.29, 0.717) is 18.1 Å². The highest BCUT2D eigenvalue weighted by Gasteiger charge is 2.23. The number of nitrogens with zero attached hydrogens (tertiary/aromatic N) is 3. The summed E-state index contributed by atoms with van der Waals surface area (Å²) < 4.78 is 0. The van der Waals surface area contributed by atoms with Gasteiger partial charge in [-0.25, -0.2) is 4.79 Å². The number of hydrogen-bond acceptors (Lipinski definition) is 3. The fourth-order valence-corrected chi connectivity index (χ4v) is 3.59. The molecule has 0 spiro atoms. The number of benzene rings is 2. The Hall–Kier alpha value is -2.79. The summed E-state index contributed by atoms with van der Waals surface area (Å²) in [6, 6.07) is 15.7. The zero-order chi connectivity index (χ0) is 18.8. The van der Waals surface area contributed by atoms with Crippen molar-refractivity contribution in [2.24, 2.45) is 0 Å². The van der Waals surface area contributed by atoms with Crippen molar-refractivity contribution in [3.05, 3.63) is 65.3 Å². The molecule has 0 bridgehead atoms. The zero-order valence-corrected chi connectivity index (χ0v) is 15.9. The van der Waals surface area contributed by atoms with Gasteiger partial charge < -0.3 is 15.1 Å². The van der Waals surface area contributed by atoms with E-state index in [1.165, 1.54) is 0 Å². The minimum atomic E-state index is -0.0870. The number of hydrogen-bond donors (Lipinski definition) is 1. The lowest BCUT2D eigenvalue weighted by molar-refractivity contribution is 0.208. The molecule has 3 aromatic rings. The summed E-state index contributed by atoms with van der Waals surface area (Å²) in [5, 5.41) is 4.72. The number of pyridine rings is 1. The van der Waals surface area contributed by atoms with Gasteiger partial charge in [-0.2, -0.15) is 0 Å². The number of rotatable bonds is 2. The number of carbonyl (C=O) groups excluding carboxylic acids is 1. The molecule has 0 radical (unpaired) electrons. The van der Waals surface area contributed by atoms with Crippen molar-refractivity contribution >= 4 is 39.9 Å². The molecule has 2 heterocycles. The van der Waals surface area contributed by atoms with Crippen molar-refractivity contribution in [2.45, 2.75) is 6.92 Å². The van der Waals surface area contributed by atoms with E-state index in [1.54, 1.807) is 6.07 Å². The lowest BCUT2D eigenvalue weighted by Crippen LogP contribution is -2.50. The molecule has 0 atom stereocenters. The second-order valence-corrected chi connectivity index (χ2v) is 7.15. The molecule has 1 aromatic heterocycles. The first kappa shape index (κ1) is 17.6. The number of amides is 2. The molecule has 27 heavy (non-hydrogen) atoms. The summed E-state index contributed by atoms with van der Waals surface area (Å²) in [6.07, 6.45) is 1.82. The minimum absolute atomic E-state index is 0.0870. The molecule has 1 N–H and O–H groups in total. The SMILES string of the molecule is Cc1ccc(Cl)cc1NC(=O)N1CCN(c2cccc3cccnc23)CC1. The van der Waals surface area contributed by atoms with Crippen LogP contribution in [0.25, 0.3) is 10.9 Å². The van der Waals surface area contributed by atoms with Crippen LogP contribution in [0.1, 0.15) is 5.56 Å². The van der Waals surface area contributed by atoms with Gasteiger partial charge in [-0.15, -0.1) is 0 Å². The number of aryl methyl sites for hydroxylation is 1. The van der Waals surface area contributed by atoms with Gasteiger partial charge in [0.2, 0.25) is 0 Å². The third kappa shape index (κ3) is 3.69. The van der Waals surface area contributed by atoms with Crippen LogP contribution in [0.2, 0.25) is 5.02 Å². The fourth-order valence-electron chi connectivity index (χ4n) is 3.42. The Morgan fingerprint density at radius 2 is 1.85 bits per heavy atom. The first-order valence-corrected chi connectivity index (χ1v) is 9.40. The average Bonchev–Trinajstić information content (AvgIpc) is 2.70. The van der Waals surface area contributed by atoms with Crippen molar-refractivity contribution in [3.8, 4) is 0 Å². The molecule has 2 amide bonds. The molecular formula is C21H21ClN4O. The predicted molar refractivity (Wildman–Crippen MR) is 111 cm³/mol. The normalized spacial score (nSPS) is 14.4. The van der Waals surface area contributed by atoms with Gasteiger partial charge in [0, 0.05) is 48.5 Å². The number of anilines is 2. The van der Waals surface area contributed by atoms with Crippen molar-refractivity contribution in [1.29, 1.82) is 0 Å². The monoisotopic (exact) mass is 380 g/mol. The molecule has 1 fully saturated rings. The van der Waals surface area contributed by atoms with Gasteiger partial charge in [0.25, 0.3) is 0 Å². The second-order valence-electron chi connectivity index (χ2n) is 6.72. The van der Waals surface area contributed by atoms with Gasteiger partial charge in [-0.05, 0) is 36.8 Å². The van der Waals surface area contributed by atoms with Gasteiger partial charge in [-0.3, -0.25) is 4.98 Å². The van der Waals surface area contributed by atoms with Crippen LogP contribution >= 0.6 is 11.6 Å². The van der Waals surface area contributed by atoms with Crippen LogP contribution in [-0.2, 0) is 0 Å². The van der Waals surface area contributed by atoms with Gasteiger partial charge in [0.1, 0.15) is 0 Å². The summed E-state index contributed by atoms with van der Waals surface area (Å²) >= 11 is 6.04. The Labute approximate surface area is 163 Å². The minimum Gasteiger partial charge on any atom is -0.366 e. The second kappa shape index (κ2) is 7.45.